The largest absolute Gasteiger partial charge is 0.460 e. The average Bonchev–Trinajstić information content (AvgIpc) is 2.74. The fourth-order valence-electron chi connectivity index (χ4n) is 2.13. The first-order valence-electron chi connectivity index (χ1n) is 8.58. The summed E-state index contributed by atoms with van der Waals surface area (Å²) in [6.45, 7) is 0. The van der Waals surface area contributed by atoms with Crippen LogP contribution in [0.2, 0.25) is 0 Å². The monoisotopic (exact) mass is 509 g/mol. The lowest BCUT2D eigenvalue weighted by molar-refractivity contribution is -0.392. The minimum Gasteiger partial charge on any atom is -0.430 e. The fraction of sp³-hybridized carbons (Fsp3) is 0.211. The zero-order valence-corrected chi connectivity index (χ0v) is 16.1. The van der Waals surface area contributed by atoms with Crippen LogP contribution in [0.15, 0.2) is 66.4 Å². The Bertz CT molecular complexity index is 1040. The molecule has 0 saturated carbocycles. The molecule has 1 N–H and O–H groups in total. The molecule has 2 aromatic carbocycles. The molecule has 0 bridgehead atoms. The van der Waals surface area contributed by atoms with Gasteiger partial charge in [-0.1, -0.05) is 18.2 Å². The molecule has 4 nitrogen and oxygen atoms in total. The summed E-state index contributed by atoms with van der Waals surface area (Å²) in [4.78, 5) is 11.7. The number of amides is 1. The summed E-state index contributed by atoms with van der Waals surface area (Å²) in [5.41, 5.74) is -0.0696. The zero-order chi connectivity index (χ0) is 25.9. The Hall–Kier alpha value is -3.52. The molecule has 0 radical (unpaired) electrons. The summed E-state index contributed by atoms with van der Waals surface area (Å²) in [5, 5.41) is 2.16. The molecular weight excluding hydrogens is 499 g/mol. The van der Waals surface area contributed by atoms with E-state index in [1.54, 1.807) is 18.2 Å². The van der Waals surface area contributed by atoms with Gasteiger partial charge < -0.3 is 9.47 Å². The van der Waals surface area contributed by atoms with Gasteiger partial charge in [-0.05, 0) is 36.4 Å². The summed E-state index contributed by atoms with van der Waals surface area (Å²) < 4.78 is 151. The number of hydrogen-bond acceptors (Lipinski definition) is 3. The number of benzene rings is 2. The second-order valence-corrected chi connectivity index (χ2v) is 6.26. The number of alkyl halides is 9. The van der Waals surface area contributed by atoms with E-state index >= 15 is 0 Å². The van der Waals surface area contributed by atoms with Gasteiger partial charge in [-0.2, -0.15) is 48.3 Å². The molecule has 0 aliphatic heterocycles. The molecule has 2 aromatic rings. The Kier molecular flexibility index (Phi) is 7.38. The molecule has 2 rings (SSSR count). The number of halogens is 11. The molecule has 0 heterocycles. The minimum absolute atomic E-state index is 0.0696. The maximum Gasteiger partial charge on any atom is 0.460 e. The number of hydrogen-bond donors (Lipinski definition) is 1. The summed E-state index contributed by atoms with van der Waals surface area (Å²) in [6.07, 6.45) is -8.22. The lowest BCUT2D eigenvalue weighted by Gasteiger charge is -2.32. The highest BCUT2D eigenvalue weighted by Crippen LogP contribution is 2.55. The summed E-state index contributed by atoms with van der Waals surface area (Å²) in [5.74, 6) is -26.5. The number of carbonyl (C=O) groups excluding carboxylic acids is 1. The van der Waals surface area contributed by atoms with Crippen molar-refractivity contribution in [2.45, 2.75) is 23.9 Å². The van der Waals surface area contributed by atoms with Gasteiger partial charge in [0.1, 0.15) is 11.5 Å². The van der Waals surface area contributed by atoms with Gasteiger partial charge in [-0.3, -0.25) is 5.32 Å². The Labute approximate surface area is 182 Å². The van der Waals surface area contributed by atoms with Gasteiger partial charge >= 0.3 is 36.1 Å². The van der Waals surface area contributed by atoms with Gasteiger partial charge in [0.25, 0.3) is 0 Å². The summed E-state index contributed by atoms with van der Waals surface area (Å²) in [6, 6.07) is 7.62. The van der Waals surface area contributed by atoms with Crippen molar-refractivity contribution in [3.8, 4) is 11.5 Å². The smallest absolute Gasteiger partial charge is 0.430 e. The van der Waals surface area contributed by atoms with Crippen molar-refractivity contribution in [2.75, 3.05) is 5.32 Å². The molecule has 34 heavy (non-hydrogen) atoms. The van der Waals surface area contributed by atoms with E-state index in [9.17, 15) is 53.1 Å². The number of ether oxygens (including phenoxy) is 2. The lowest BCUT2D eigenvalue weighted by Crippen LogP contribution is -2.61. The molecule has 0 saturated heterocycles. The van der Waals surface area contributed by atoms with Gasteiger partial charge in [0, 0.05) is 5.69 Å². The van der Waals surface area contributed by atoms with Crippen LogP contribution in [0.1, 0.15) is 0 Å². The first-order valence-corrected chi connectivity index (χ1v) is 8.58. The maximum absolute atomic E-state index is 13.6. The number of para-hydroxylation sites is 1. The number of anilines is 1. The number of nitrogens with one attached hydrogen (secondary N) is 1. The van der Waals surface area contributed by atoms with Gasteiger partial charge in [0.05, 0.1) is 0 Å². The van der Waals surface area contributed by atoms with Crippen molar-refractivity contribution >= 4 is 11.8 Å². The fourth-order valence-corrected chi connectivity index (χ4v) is 2.13. The highest BCUT2D eigenvalue weighted by Gasteiger charge is 2.83. The molecule has 0 spiro atoms. The van der Waals surface area contributed by atoms with Crippen molar-refractivity contribution in [1.29, 1.82) is 0 Å². The SMILES string of the molecule is O=C(Nc1ccc(OC(F)=C(F)C(F)(F)C(F)(F)C(F)(F)C(F)(F)F)cc1)Oc1ccccc1. The van der Waals surface area contributed by atoms with Gasteiger partial charge in [0.15, 0.2) is 0 Å². The standard InChI is InChI=1S/C19H10F11NO3/c20-13(16(22,23)17(24,25)18(26,27)19(28,29)30)14(21)33-12-8-6-10(7-9-12)31-15(32)34-11-4-2-1-3-5-11/h1-9H,(H,31,32). The van der Waals surface area contributed by atoms with Crippen molar-refractivity contribution in [3.63, 3.8) is 0 Å². The van der Waals surface area contributed by atoms with Crippen LogP contribution in [0.25, 0.3) is 0 Å². The van der Waals surface area contributed by atoms with Crippen LogP contribution >= 0.6 is 0 Å². The van der Waals surface area contributed by atoms with E-state index in [4.69, 9.17) is 4.74 Å². The van der Waals surface area contributed by atoms with E-state index in [0.29, 0.717) is 12.1 Å². The van der Waals surface area contributed by atoms with Crippen LogP contribution in [0.5, 0.6) is 11.5 Å². The van der Waals surface area contributed by atoms with Crippen molar-refractivity contribution < 1.29 is 62.6 Å². The summed E-state index contributed by atoms with van der Waals surface area (Å²) >= 11 is 0. The van der Waals surface area contributed by atoms with Crippen molar-refractivity contribution in [1.82, 2.24) is 0 Å². The van der Waals surface area contributed by atoms with Crippen LogP contribution in [-0.4, -0.2) is 30.0 Å². The highest BCUT2D eigenvalue weighted by molar-refractivity contribution is 5.86. The molecule has 1 amide bonds. The molecule has 0 atom stereocenters. The Balaban J connectivity index is 2.15. The number of rotatable bonds is 7. The van der Waals surface area contributed by atoms with Crippen molar-refractivity contribution in [3.05, 3.63) is 66.4 Å². The predicted molar refractivity (Wildman–Crippen MR) is 93.3 cm³/mol. The molecule has 0 unspecified atom stereocenters. The van der Waals surface area contributed by atoms with E-state index in [2.05, 4.69) is 10.1 Å². The Morgan fingerprint density at radius 2 is 1.18 bits per heavy atom. The van der Waals surface area contributed by atoms with E-state index in [0.717, 1.165) is 12.1 Å². The molecule has 15 heteroatoms. The third kappa shape index (κ3) is 5.34. The second-order valence-electron chi connectivity index (χ2n) is 6.26. The van der Waals surface area contributed by atoms with E-state index in [1.807, 2.05) is 0 Å². The number of carbonyl (C=O) groups is 1. The van der Waals surface area contributed by atoms with Gasteiger partial charge in [0.2, 0.25) is 5.83 Å². The predicted octanol–water partition coefficient (Wildman–Crippen LogP) is 7.25. The quantitative estimate of drug-likeness (QED) is 0.316. The first kappa shape index (κ1) is 26.7. The maximum atomic E-state index is 13.6. The van der Waals surface area contributed by atoms with Gasteiger partial charge in [-0.25, -0.2) is 4.79 Å². The third-order valence-electron chi connectivity index (χ3n) is 3.85. The van der Waals surface area contributed by atoms with Crippen LogP contribution < -0.4 is 14.8 Å². The van der Waals surface area contributed by atoms with Crippen molar-refractivity contribution in [2.24, 2.45) is 0 Å². The van der Waals surface area contributed by atoms with E-state index < -0.39 is 47.6 Å². The van der Waals surface area contributed by atoms with Gasteiger partial charge in [-0.15, -0.1) is 0 Å². The number of allylic oxidation sites excluding steroid dienone is 1. The molecule has 186 valence electrons. The average molecular weight is 509 g/mol. The molecule has 0 aliphatic rings. The topological polar surface area (TPSA) is 47.6 Å². The summed E-state index contributed by atoms with van der Waals surface area (Å²) in [7, 11) is 0. The van der Waals surface area contributed by atoms with E-state index in [1.165, 1.54) is 12.1 Å². The second kappa shape index (κ2) is 9.38. The molecule has 0 aliphatic carbocycles. The molecule has 0 aromatic heterocycles. The van der Waals surface area contributed by atoms with E-state index in [-0.39, 0.29) is 11.4 Å². The van der Waals surface area contributed by atoms with Crippen LogP contribution in [0.3, 0.4) is 0 Å². The third-order valence-corrected chi connectivity index (χ3v) is 3.85. The van der Waals surface area contributed by atoms with Crippen LogP contribution in [-0.2, 0) is 0 Å². The lowest BCUT2D eigenvalue weighted by atomic mass is 10.0. The minimum atomic E-state index is -7.41. The zero-order valence-electron chi connectivity index (χ0n) is 16.1. The molecular formula is C19H10F11NO3. The molecule has 0 fully saturated rings. The first-order chi connectivity index (χ1) is 15.5. The van der Waals surface area contributed by atoms with Crippen LogP contribution in [0.4, 0.5) is 58.8 Å². The highest BCUT2D eigenvalue weighted by atomic mass is 19.4. The normalized spacial score (nSPS) is 13.7. The Morgan fingerprint density at radius 1 is 0.676 bits per heavy atom. The van der Waals surface area contributed by atoms with Crippen LogP contribution in [0, 0.1) is 0 Å². The Morgan fingerprint density at radius 3 is 1.68 bits per heavy atom.